The van der Waals surface area contributed by atoms with Gasteiger partial charge in [0, 0.05) is 38.9 Å². The predicted molar refractivity (Wildman–Crippen MR) is 14.2 cm³/mol. The topological polar surface area (TPSA) is 74.6 Å². The molecule has 0 aromatic heterocycles. The molecule has 0 aliphatic carbocycles. The Morgan fingerprint density at radius 1 is 1.14 bits per heavy atom. The average Bonchev–Trinajstić information content (AvgIpc) is 0.722. The largest absolute Gasteiger partial charge is 0.394 e. The van der Waals surface area contributed by atoms with Crippen molar-refractivity contribution in [3.63, 3.8) is 0 Å². The van der Waals surface area contributed by atoms with E-state index in [-0.39, 0.29) is 38.9 Å². The van der Waals surface area contributed by atoms with Gasteiger partial charge in [0.1, 0.15) is 0 Å². The van der Waals surface area contributed by atoms with E-state index in [2.05, 4.69) is 0 Å². The van der Waals surface area contributed by atoms with Gasteiger partial charge in [-0.25, -0.2) is 0 Å². The first-order valence-electron chi connectivity index (χ1n) is 0.698. The number of rotatable bonds is 0. The molecule has 0 aliphatic rings. The molecule has 0 heterocycles. The van der Waals surface area contributed by atoms with Gasteiger partial charge in [0.15, 0.2) is 0 Å². The van der Waals surface area contributed by atoms with E-state index >= 15 is 0 Å². The third-order valence-corrected chi connectivity index (χ3v) is 0. The first-order valence-corrected chi connectivity index (χ1v) is 2.10. The van der Waals surface area contributed by atoms with Crippen molar-refractivity contribution in [1.29, 1.82) is 0 Å². The quantitative estimate of drug-likeness (QED) is 0.450. The molecule has 0 bridgehead atoms. The van der Waals surface area contributed by atoms with E-state index in [0.29, 0.717) is 0 Å². The minimum absolute atomic E-state index is 0. The summed E-state index contributed by atoms with van der Waals surface area (Å²) in [7, 11) is -4.67. The Bertz CT molecular complexity index is 94.9. The Hall–Kier alpha value is 1.10. The van der Waals surface area contributed by atoms with Crippen LogP contribution in [0.5, 0.6) is 0 Å². The zero-order valence-electron chi connectivity index (χ0n) is 2.74. The maximum absolute atomic E-state index is 8.74. The second-order valence-corrected chi connectivity index (χ2v) is 1.34. The van der Waals surface area contributed by atoms with Crippen LogP contribution in [0, 0.1) is 0 Å². The van der Waals surface area contributed by atoms with Crippen molar-refractivity contribution in [1.82, 2.24) is 0 Å². The SMILES string of the molecule is O=S(=O)(O)O.[Ag].[Ni]. The maximum atomic E-state index is 8.74. The summed E-state index contributed by atoms with van der Waals surface area (Å²) in [5.74, 6) is 0. The third kappa shape index (κ3) is 152. The average molecular weight is 265 g/mol. The van der Waals surface area contributed by atoms with Crippen molar-refractivity contribution in [2.75, 3.05) is 0 Å². The Morgan fingerprint density at radius 2 is 1.14 bits per heavy atom. The summed E-state index contributed by atoms with van der Waals surface area (Å²) < 4.78 is 31.6. The van der Waals surface area contributed by atoms with Crippen molar-refractivity contribution in [3.8, 4) is 0 Å². The standard InChI is InChI=1S/Ag.Ni.H2O4S/c;;1-5(2,3)4/h;;(H2,1,2,3,4). The molecule has 0 aliphatic heterocycles. The minimum Gasteiger partial charge on any atom is -0.264 e. The summed E-state index contributed by atoms with van der Waals surface area (Å²) in [4.78, 5) is 0. The molecule has 0 fully saturated rings. The van der Waals surface area contributed by atoms with Gasteiger partial charge in [0.25, 0.3) is 0 Å². The molecule has 1 radical (unpaired) electrons. The van der Waals surface area contributed by atoms with Crippen molar-refractivity contribution < 1.29 is 56.4 Å². The fourth-order valence-electron chi connectivity index (χ4n) is 0. The summed E-state index contributed by atoms with van der Waals surface area (Å²) >= 11 is 0. The van der Waals surface area contributed by atoms with Crippen LogP contribution in [0.2, 0.25) is 0 Å². The molecule has 0 saturated heterocycles. The molecule has 7 heavy (non-hydrogen) atoms. The molecular formula is H2AgNiO4S. The first kappa shape index (κ1) is 15.7. The van der Waals surface area contributed by atoms with Crippen LogP contribution in [0.25, 0.3) is 0 Å². The van der Waals surface area contributed by atoms with E-state index in [0.717, 1.165) is 0 Å². The fourth-order valence-corrected chi connectivity index (χ4v) is 0. The molecule has 0 aromatic rings. The van der Waals surface area contributed by atoms with Gasteiger partial charge >= 0.3 is 10.4 Å². The zero-order valence-corrected chi connectivity index (χ0v) is 6.02. The molecule has 0 unspecified atom stereocenters. The molecule has 0 spiro atoms. The van der Waals surface area contributed by atoms with E-state index in [4.69, 9.17) is 17.5 Å². The van der Waals surface area contributed by atoms with Gasteiger partial charge in [-0.1, -0.05) is 0 Å². The van der Waals surface area contributed by atoms with Crippen LogP contribution >= 0.6 is 0 Å². The molecular weight excluding hydrogens is 263 g/mol. The molecule has 0 amide bonds. The van der Waals surface area contributed by atoms with E-state index in [1.807, 2.05) is 0 Å². The van der Waals surface area contributed by atoms with Crippen LogP contribution in [0.3, 0.4) is 0 Å². The molecule has 53 valence electrons. The van der Waals surface area contributed by atoms with E-state index in [1.165, 1.54) is 0 Å². The Morgan fingerprint density at radius 3 is 1.14 bits per heavy atom. The van der Waals surface area contributed by atoms with Gasteiger partial charge in [-0.15, -0.1) is 0 Å². The van der Waals surface area contributed by atoms with Gasteiger partial charge < -0.3 is 0 Å². The fraction of sp³-hybridized carbons (Fsp3) is 0. The van der Waals surface area contributed by atoms with Gasteiger partial charge in [-0.3, -0.25) is 9.11 Å². The van der Waals surface area contributed by atoms with Gasteiger partial charge in [-0.2, -0.15) is 8.42 Å². The van der Waals surface area contributed by atoms with Gasteiger partial charge in [-0.05, 0) is 0 Å². The maximum Gasteiger partial charge on any atom is 0.394 e. The normalized spacial score (nSPS) is 8.29. The zero-order chi connectivity index (χ0) is 4.50. The molecule has 0 saturated carbocycles. The Kier molecular flexibility index (Phi) is 11.8. The van der Waals surface area contributed by atoms with E-state index in [1.54, 1.807) is 0 Å². The van der Waals surface area contributed by atoms with Gasteiger partial charge in [0.2, 0.25) is 0 Å². The van der Waals surface area contributed by atoms with Crippen molar-refractivity contribution >= 4 is 10.4 Å². The van der Waals surface area contributed by atoms with Crippen LogP contribution in [0.1, 0.15) is 0 Å². The molecule has 0 aromatic carbocycles. The monoisotopic (exact) mass is 263 g/mol. The molecule has 2 N–H and O–H groups in total. The van der Waals surface area contributed by atoms with Crippen LogP contribution in [-0.2, 0) is 49.3 Å². The predicted octanol–water partition coefficient (Wildman–Crippen LogP) is -0.658. The smallest absolute Gasteiger partial charge is 0.264 e. The van der Waals surface area contributed by atoms with E-state index < -0.39 is 10.4 Å². The first-order chi connectivity index (χ1) is 2.00. The Labute approximate surface area is 66.7 Å². The minimum atomic E-state index is -4.67. The van der Waals surface area contributed by atoms with Crippen molar-refractivity contribution in [3.05, 3.63) is 0 Å². The van der Waals surface area contributed by atoms with Crippen LogP contribution in [0.15, 0.2) is 0 Å². The van der Waals surface area contributed by atoms with E-state index in [9.17, 15) is 0 Å². The van der Waals surface area contributed by atoms with Crippen molar-refractivity contribution in [2.45, 2.75) is 0 Å². The molecule has 0 rings (SSSR count). The summed E-state index contributed by atoms with van der Waals surface area (Å²) in [6.07, 6.45) is 0. The summed E-state index contributed by atoms with van der Waals surface area (Å²) in [5.41, 5.74) is 0. The molecule has 7 heteroatoms. The van der Waals surface area contributed by atoms with Crippen molar-refractivity contribution in [2.24, 2.45) is 0 Å². The van der Waals surface area contributed by atoms with Gasteiger partial charge in [0.05, 0.1) is 0 Å². The Balaban J connectivity index is -0.0000000800. The van der Waals surface area contributed by atoms with Crippen LogP contribution in [-0.4, -0.2) is 17.5 Å². The van der Waals surface area contributed by atoms with Crippen LogP contribution in [0.4, 0.5) is 0 Å². The number of hydrogen-bond donors (Lipinski definition) is 2. The third-order valence-electron chi connectivity index (χ3n) is 0. The number of hydrogen-bond acceptors (Lipinski definition) is 2. The molecule has 0 atom stereocenters. The summed E-state index contributed by atoms with van der Waals surface area (Å²) in [6.45, 7) is 0. The summed E-state index contributed by atoms with van der Waals surface area (Å²) in [6, 6.07) is 0. The summed E-state index contributed by atoms with van der Waals surface area (Å²) in [5, 5.41) is 0. The second kappa shape index (κ2) is 5.24. The molecule has 4 nitrogen and oxygen atoms in total. The van der Waals surface area contributed by atoms with Crippen LogP contribution < -0.4 is 0 Å². The second-order valence-electron chi connectivity index (χ2n) is 0.448.